The van der Waals surface area contributed by atoms with Gasteiger partial charge < -0.3 is 24.1 Å². The van der Waals surface area contributed by atoms with E-state index in [9.17, 15) is 14.7 Å². The second-order valence-corrected chi connectivity index (χ2v) is 13.5. The van der Waals surface area contributed by atoms with Crippen molar-refractivity contribution < 1.29 is 33.6 Å². The van der Waals surface area contributed by atoms with Gasteiger partial charge in [0, 0.05) is 18.3 Å². The third kappa shape index (κ3) is 4.35. The Kier molecular flexibility index (Phi) is 7.16. The molecule has 0 spiro atoms. The topological polar surface area (TPSA) is 91.3 Å². The van der Waals surface area contributed by atoms with Gasteiger partial charge in [-0.15, -0.1) is 0 Å². The van der Waals surface area contributed by atoms with Crippen LogP contribution < -0.4 is 0 Å². The van der Waals surface area contributed by atoms with Crippen molar-refractivity contribution >= 4 is 11.9 Å². The van der Waals surface area contributed by atoms with Crippen LogP contribution in [0.4, 0.5) is 0 Å². The highest BCUT2D eigenvalue weighted by Gasteiger charge is 2.68. The number of esters is 2. The SMILES string of the molecule is CC(=O)OC1CC2C=C[C@H]3[C@@H]4CC[C@H](C(C)C5OCCO5)[C@@]4(C)CC[C@@H]3[C@@]2(C)C(O)(OC(=O)c2ccccc2)C1. The molecule has 4 fully saturated rings. The molecule has 0 amide bonds. The zero-order chi connectivity index (χ0) is 28.3. The quantitative estimate of drug-likeness (QED) is 0.292. The van der Waals surface area contributed by atoms with Gasteiger partial charge >= 0.3 is 11.9 Å². The molecule has 1 saturated heterocycles. The number of carbonyl (C=O) groups is 2. The van der Waals surface area contributed by atoms with Gasteiger partial charge in [-0.3, -0.25) is 4.79 Å². The van der Waals surface area contributed by atoms with Crippen molar-refractivity contribution in [1.29, 1.82) is 0 Å². The summed E-state index contributed by atoms with van der Waals surface area (Å²) in [6.45, 7) is 9.58. The van der Waals surface area contributed by atoms with Crippen LogP contribution in [0.3, 0.4) is 0 Å². The van der Waals surface area contributed by atoms with E-state index in [-0.39, 0.29) is 35.9 Å². The molecule has 0 aromatic heterocycles. The van der Waals surface area contributed by atoms with Gasteiger partial charge in [0.2, 0.25) is 5.79 Å². The minimum Gasteiger partial charge on any atom is -0.462 e. The van der Waals surface area contributed by atoms with Crippen LogP contribution >= 0.6 is 0 Å². The number of allylic oxidation sites excluding steroid dienone is 2. The minimum atomic E-state index is -1.78. The monoisotopic (exact) mass is 552 g/mol. The zero-order valence-electron chi connectivity index (χ0n) is 24.2. The molecule has 0 radical (unpaired) electrons. The summed E-state index contributed by atoms with van der Waals surface area (Å²) in [6.07, 6.45) is 8.90. The largest absolute Gasteiger partial charge is 0.462 e. The zero-order valence-corrected chi connectivity index (χ0v) is 24.2. The fourth-order valence-electron chi connectivity index (χ4n) is 9.73. The molecule has 0 bridgehead atoms. The number of fused-ring (bicyclic) bond motifs is 5. The maximum absolute atomic E-state index is 13.4. The third-order valence-corrected chi connectivity index (χ3v) is 11.7. The van der Waals surface area contributed by atoms with Crippen LogP contribution in [0, 0.1) is 46.3 Å². The molecule has 7 heteroatoms. The Morgan fingerprint density at radius 3 is 2.45 bits per heavy atom. The average molecular weight is 553 g/mol. The van der Waals surface area contributed by atoms with Crippen LogP contribution in [-0.4, -0.2) is 48.4 Å². The standard InChI is InChI=1S/C33H44O7/c1-20(30-37-16-17-38-30)26-12-13-27-25-11-10-23-18-24(39-21(2)34)19-33(36,40-29(35)22-8-6-5-7-9-22)32(23,4)28(25)14-15-31(26,27)3/h5-11,20,23-28,30,36H,12-19H2,1-4H3/t20?,23?,24?,25-,26+,27-,28-,31+,32-,33?/m0/s1. The first-order valence-electron chi connectivity index (χ1n) is 15.2. The van der Waals surface area contributed by atoms with Crippen molar-refractivity contribution in [2.75, 3.05) is 13.2 Å². The van der Waals surface area contributed by atoms with Gasteiger partial charge in [-0.05, 0) is 79.2 Å². The Bertz CT molecular complexity index is 1140. The van der Waals surface area contributed by atoms with Gasteiger partial charge in [0.05, 0.1) is 25.2 Å². The molecule has 1 aromatic rings. The number of ether oxygens (including phenoxy) is 4. The average Bonchev–Trinajstić information content (AvgIpc) is 3.57. The third-order valence-electron chi connectivity index (χ3n) is 11.7. The van der Waals surface area contributed by atoms with E-state index in [1.165, 1.54) is 6.92 Å². The lowest BCUT2D eigenvalue weighted by atomic mass is 9.44. The van der Waals surface area contributed by atoms with Gasteiger partial charge in [-0.1, -0.05) is 51.1 Å². The lowest BCUT2D eigenvalue weighted by Gasteiger charge is -2.63. The summed E-state index contributed by atoms with van der Waals surface area (Å²) in [4.78, 5) is 25.3. The normalized spacial score (nSPS) is 43.3. The van der Waals surface area contributed by atoms with Gasteiger partial charge in [0.15, 0.2) is 6.29 Å². The fraction of sp³-hybridized carbons (Fsp3) is 0.697. The number of rotatable bonds is 5. The van der Waals surface area contributed by atoms with E-state index < -0.39 is 29.2 Å². The maximum atomic E-state index is 13.4. The molecule has 10 atom stereocenters. The Morgan fingerprint density at radius 2 is 1.75 bits per heavy atom. The molecule has 1 aliphatic heterocycles. The number of carbonyl (C=O) groups excluding carboxylic acids is 2. The van der Waals surface area contributed by atoms with E-state index in [0.29, 0.717) is 43.0 Å². The van der Waals surface area contributed by atoms with Crippen LogP contribution in [0.5, 0.6) is 0 Å². The van der Waals surface area contributed by atoms with E-state index >= 15 is 0 Å². The molecule has 4 unspecified atom stereocenters. The van der Waals surface area contributed by atoms with Crippen LogP contribution in [0.1, 0.15) is 76.6 Å². The maximum Gasteiger partial charge on any atom is 0.340 e. The summed E-state index contributed by atoms with van der Waals surface area (Å²) in [7, 11) is 0. The number of benzene rings is 1. The lowest BCUT2D eigenvalue weighted by molar-refractivity contribution is -0.308. The summed E-state index contributed by atoms with van der Waals surface area (Å²) in [5, 5.41) is 12.5. The second kappa shape index (κ2) is 10.2. The molecule has 3 saturated carbocycles. The number of aliphatic hydroxyl groups is 1. The van der Waals surface area contributed by atoms with Crippen molar-refractivity contribution in [2.45, 2.75) is 84.4 Å². The second-order valence-electron chi connectivity index (χ2n) is 13.5. The molecule has 1 aromatic carbocycles. The van der Waals surface area contributed by atoms with Crippen molar-refractivity contribution in [1.82, 2.24) is 0 Å². The Morgan fingerprint density at radius 1 is 1.02 bits per heavy atom. The Balaban J connectivity index is 1.32. The Labute approximate surface area is 237 Å². The van der Waals surface area contributed by atoms with E-state index in [1.807, 2.05) is 6.07 Å². The highest BCUT2D eigenvalue weighted by molar-refractivity contribution is 5.89. The highest BCUT2D eigenvalue weighted by Crippen LogP contribution is 2.69. The van der Waals surface area contributed by atoms with Crippen LogP contribution in [0.25, 0.3) is 0 Å². The summed E-state index contributed by atoms with van der Waals surface area (Å²) in [6, 6.07) is 8.81. The van der Waals surface area contributed by atoms with Crippen LogP contribution in [0.15, 0.2) is 42.5 Å². The molecule has 5 aliphatic rings. The van der Waals surface area contributed by atoms with Crippen molar-refractivity contribution in [3.8, 4) is 0 Å². The molecule has 1 heterocycles. The predicted molar refractivity (Wildman–Crippen MR) is 148 cm³/mol. The number of hydrogen-bond acceptors (Lipinski definition) is 7. The van der Waals surface area contributed by atoms with Gasteiger partial charge in [-0.2, -0.15) is 0 Å². The van der Waals surface area contributed by atoms with Crippen molar-refractivity contribution in [2.24, 2.45) is 46.3 Å². The highest BCUT2D eigenvalue weighted by atomic mass is 16.7. The molecule has 4 aliphatic carbocycles. The summed E-state index contributed by atoms with van der Waals surface area (Å²) in [5.41, 5.74) is -0.165. The molecule has 7 nitrogen and oxygen atoms in total. The molecule has 6 rings (SSSR count). The smallest absolute Gasteiger partial charge is 0.340 e. The fourth-order valence-corrected chi connectivity index (χ4v) is 9.73. The molecular weight excluding hydrogens is 508 g/mol. The first kappa shape index (κ1) is 27.9. The van der Waals surface area contributed by atoms with E-state index in [1.54, 1.807) is 24.3 Å². The molecule has 218 valence electrons. The van der Waals surface area contributed by atoms with Gasteiger partial charge in [0.25, 0.3) is 0 Å². The lowest BCUT2D eigenvalue weighted by Crippen LogP contribution is -2.65. The van der Waals surface area contributed by atoms with Crippen LogP contribution in [0.2, 0.25) is 0 Å². The van der Waals surface area contributed by atoms with Crippen molar-refractivity contribution in [3.05, 3.63) is 48.0 Å². The molecule has 1 N–H and O–H groups in total. The van der Waals surface area contributed by atoms with Gasteiger partial charge in [-0.25, -0.2) is 4.79 Å². The first-order chi connectivity index (χ1) is 19.1. The van der Waals surface area contributed by atoms with E-state index in [4.69, 9.17) is 18.9 Å². The first-order valence-corrected chi connectivity index (χ1v) is 15.2. The minimum absolute atomic E-state index is 0.0766. The van der Waals surface area contributed by atoms with E-state index in [0.717, 1.165) is 25.7 Å². The van der Waals surface area contributed by atoms with Crippen molar-refractivity contribution in [3.63, 3.8) is 0 Å². The van der Waals surface area contributed by atoms with Gasteiger partial charge in [0.1, 0.15) is 6.10 Å². The summed E-state index contributed by atoms with van der Waals surface area (Å²) < 4.78 is 23.6. The molecular formula is C33H44O7. The predicted octanol–water partition coefficient (Wildman–Crippen LogP) is 5.52. The Hall–Kier alpha value is -2.22. The van der Waals surface area contributed by atoms with Crippen LogP contribution in [-0.2, 0) is 23.7 Å². The summed E-state index contributed by atoms with van der Waals surface area (Å²) >= 11 is 0. The summed E-state index contributed by atoms with van der Waals surface area (Å²) in [5.74, 6) is -1.09. The van der Waals surface area contributed by atoms with E-state index in [2.05, 4.69) is 32.9 Å². The molecule has 40 heavy (non-hydrogen) atoms. The number of hydrogen-bond donors (Lipinski definition) is 1.